The molecule has 21 heavy (non-hydrogen) atoms. The molecule has 0 saturated carbocycles. The molecule has 0 fully saturated rings. The van der Waals surface area contributed by atoms with Crippen LogP contribution in [0.5, 0.6) is 5.75 Å². The minimum atomic E-state index is -0.0787. The molecule has 2 rings (SSSR count). The Morgan fingerprint density at radius 1 is 1.48 bits per heavy atom. The van der Waals surface area contributed by atoms with E-state index in [-0.39, 0.29) is 5.91 Å². The summed E-state index contributed by atoms with van der Waals surface area (Å²) in [6.07, 6.45) is 1.04. The van der Waals surface area contributed by atoms with Crippen LogP contribution in [0.3, 0.4) is 0 Å². The van der Waals surface area contributed by atoms with Gasteiger partial charge in [-0.3, -0.25) is 4.79 Å². The SMILES string of the molecule is COc1ccc(NC(=O)CCCN)cc1-n1nnnc1C. The summed E-state index contributed by atoms with van der Waals surface area (Å²) in [5, 5.41) is 14.2. The number of tetrazole rings is 1. The van der Waals surface area contributed by atoms with E-state index in [0.717, 1.165) is 0 Å². The number of carbonyl (C=O) groups is 1. The molecule has 0 spiro atoms. The first-order valence-electron chi connectivity index (χ1n) is 6.59. The maximum atomic E-state index is 11.7. The van der Waals surface area contributed by atoms with Crippen molar-refractivity contribution in [3.63, 3.8) is 0 Å². The van der Waals surface area contributed by atoms with Crippen molar-refractivity contribution < 1.29 is 9.53 Å². The van der Waals surface area contributed by atoms with Crippen molar-refractivity contribution in [3.8, 4) is 11.4 Å². The monoisotopic (exact) mass is 290 g/mol. The number of aromatic nitrogens is 4. The van der Waals surface area contributed by atoms with Gasteiger partial charge in [0.1, 0.15) is 11.4 Å². The molecule has 8 heteroatoms. The Labute approximate surface area is 122 Å². The van der Waals surface area contributed by atoms with E-state index < -0.39 is 0 Å². The number of nitrogens with one attached hydrogen (secondary N) is 1. The Hall–Kier alpha value is -2.48. The summed E-state index contributed by atoms with van der Waals surface area (Å²) < 4.78 is 6.85. The van der Waals surface area contributed by atoms with Crippen LogP contribution in [0.2, 0.25) is 0 Å². The second-order valence-electron chi connectivity index (χ2n) is 4.46. The lowest BCUT2D eigenvalue weighted by molar-refractivity contribution is -0.116. The maximum absolute atomic E-state index is 11.7. The maximum Gasteiger partial charge on any atom is 0.224 e. The Balaban J connectivity index is 2.26. The van der Waals surface area contributed by atoms with Gasteiger partial charge in [-0.2, -0.15) is 4.68 Å². The van der Waals surface area contributed by atoms with Crippen molar-refractivity contribution in [2.45, 2.75) is 19.8 Å². The zero-order valence-corrected chi connectivity index (χ0v) is 12.0. The molecule has 0 aliphatic carbocycles. The number of benzene rings is 1. The standard InChI is InChI=1S/C13H18N6O2/c1-9-16-17-18-19(9)11-8-10(5-6-12(11)21-2)15-13(20)4-3-7-14/h5-6,8H,3-4,7,14H2,1-2H3,(H,15,20). The number of amides is 1. The van der Waals surface area contributed by atoms with Gasteiger partial charge in [-0.1, -0.05) is 0 Å². The number of carbonyl (C=O) groups excluding carboxylic acids is 1. The molecular formula is C13H18N6O2. The van der Waals surface area contributed by atoms with Gasteiger partial charge in [0.15, 0.2) is 5.82 Å². The van der Waals surface area contributed by atoms with Gasteiger partial charge in [0, 0.05) is 12.1 Å². The second-order valence-corrected chi connectivity index (χ2v) is 4.46. The van der Waals surface area contributed by atoms with Crippen molar-refractivity contribution >= 4 is 11.6 Å². The average Bonchev–Trinajstić information content (AvgIpc) is 2.91. The minimum Gasteiger partial charge on any atom is -0.494 e. The summed E-state index contributed by atoms with van der Waals surface area (Å²) in [6.45, 7) is 2.27. The highest BCUT2D eigenvalue weighted by Gasteiger charge is 2.12. The van der Waals surface area contributed by atoms with Crippen molar-refractivity contribution in [1.29, 1.82) is 0 Å². The van der Waals surface area contributed by atoms with Gasteiger partial charge >= 0.3 is 0 Å². The van der Waals surface area contributed by atoms with Crippen LogP contribution < -0.4 is 15.8 Å². The third kappa shape index (κ3) is 3.54. The molecule has 0 unspecified atom stereocenters. The smallest absolute Gasteiger partial charge is 0.224 e. The number of methoxy groups -OCH3 is 1. The fraction of sp³-hybridized carbons (Fsp3) is 0.385. The van der Waals surface area contributed by atoms with E-state index in [2.05, 4.69) is 20.8 Å². The van der Waals surface area contributed by atoms with Gasteiger partial charge in [0.2, 0.25) is 5.91 Å². The summed E-state index contributed by atoms with van der Waals surface area (Å²) in [5.74, 6) is 1.16. The average molecular weight is 290 g/mol. The predicted molar refractivity (Wildman–Crippen MR) is 77.4 cm³/mol. The van der Waals surface area contributed by atoms with Crippen molar-refractivity contribution in [2.75, 3.05) is 19.0 Å². The first-order chi connectivity index (χ1) is 10.2. The van der Waals surface area contributed by atoms with Crippen LogP contribution >= 0.6 is 0 Å². The Morgan fingerprint density at radius 3 is 2.90 bits per heavy atom. The number of anilines is 1. The summed E-state index contributed by atoms with van der Waals surface area (Å²) in [6, 6.07) is 5.29. The van der Waals surface area contributed by atoms with Crippen molar-refractivity contribution in [1.82, 2.24) is 20.2 Å². The highest BCUT2D eigenvalue weighted by molar-refractivity contribution is 5.91. The molecule has 0 saturated heterocycles. The zero-order valence-electron chi connectivity index (χ0n) is 12.0. The molecule has 0 atom stereocenters. The summed E-state index contributed by atoms with van der Waals surface area (Å²) in [7, 11) is 1.57. The predicted octanol–water partition coefficient (Wildman–Crippen LogP) is 0.657. The highest BCUT2D eigenvalue weighted by Crippen LogP contribution is 2.26. The Kier molecular flexibility index (Phi) is 4.83. The quantitative estimate of drug-likeness (QED) is 0.809. The molecule has 3 N–H and O–H groups in total. The molecule has 2 aromatic rings. The summed E-state index contributed by atoms with van der Waals surface area (Å²) in [5.41, 5.74) is 6.71. The van der Waals surface area contributed by atoms with Crippen LogP contribution in [0, 0.1) is 6.92 Å². The minimum absolute atomic E-state index is 0.0787. The van der Waals surface area contributed by atoms with Crippen LogP contribution in [0.4, 0.5) is 5.69 Å². The van der Waals surface area contributed by atoms with Gasteiger partial charge < -0.3 is 15.8 Å². The van der Waals surface area contributed by atoms with E-state index in [1.54, 1.807) is 36.9 Å². The number of aryl methyl sites for hydroxylation is 1. The van der Waals surface area contributed by atoms with Crippen LogP contribution in [0.1, 0.15) is 18.7 Å². The van der Waals surface area contributed by atoms with Crippen LogP contribution in [-0.2, 0) is 4.79 Å². The van der Waals surface area contributed by atoms with E-state index in [0.29, 0.717) is 42.3 Å². The van der Waals surface area contributed by atoms with Gasteiger partial charge in [0.05, 0.1) is 7.11 Å². The largest absolute Gasteiger partial charge is 0.494 e. The van der Waals surface area contributed by atoms with Gasteiger partial charge in [-0.25, -0.2) is 0 Å². The molecule has 0 aliphatic rings. The topological polar surface area (TPSA) is 108 Å². The first-order valence-corrected chi connectivity index (χ1v) is 6.59. The van der Waals surface area contributed by atoms with E-state index in [1.165, 1.54) is 0 Å². The first kappa shape index (κ1) is 14.9. The molecule has 1 aromatic heterocycles. The second kappa shape index (κ2) is 6.80. The lowest BCUT2D eigenvalue weighted by atomic mass is 10.2. The molecule has 1 heterocycles. The number of hydrogen-bond donors (Lipinski definition) is 2. The highest BCUT2D eigenvalue weighted by atomic mass is 16.5. The third-order valence-corrected chi connectivity index (χ3v) is 2.92. The molecule has 1 aromatic carbocycles. The van der Waals surface area contributed by atoms with E-state index in [4.69, 9.17) is 10.5 Å². The molecular weight excluding hydrogens is 272 g/mol. The number of rotatable bonds is 6. The van der Waals surface area contributed by atoms with Gasteiger partial charge in [0.25, 0.3) is 0 Å². The number of ether oxygens (including phenoxy) is 1. The molecule has 1 amide bonds. The number of nitrogens with two attached hydrogens (primary N) is 1. The molecule has 8 nitrogen and oxygen atoms in total. The van der Waals surface area contributed by atoms with E-state index in [9.17, 15) is 4.79 Å². The fourth-order valence-electron chi connectivity index (χ4n) is 1.87. The molecule has 0 bridgehead atoms. The van der Waals surface area contributed by atoms with Crippen LogP contribution in [0.25, 0.3) is 5.69 Å². The lowest BCUT2D eigenvalue weighted by Gasteiger charge is -2.11. The third-order valence-electron chi connectivity index (χ3n) is 2.92. The number of hydrogen-bond acceptors (Lipinski definition) is 6. The fourth-order valence-corrected chi connectivity index (χ4v) is 1.87. The van der Waals surface area contributed by atoms with E-state index in [1.807, 2.05) is 0 Å². The van der Waals surface area contributed by atoms with Gasteiger partial charge in [-0.15, -0.1) is 5.10 Å². The summed E-state index contributed by atoms with van der Waals surface area (Å²) >= 11 is 0. The molecule has 0 radical (unpaired) electrons. The summed E-state index contributed by atoms with van der Waals surface area (Å²) in [4.78, 5) is 11.7. The molecule has 0 aliphatic heterocycles. The van der Waals surface area contributed by atoms with Crippen molar-refractivity contribution in [2.24, 2.45) is 5.73 Å². The van der Waals surface area contributed by atoms with Crippen molar-refractivity contribution in [3.05, 3.63) is 24.0 Å². The number of nitrogens with zero attached hydrogens (tertiary/aromatic N) is 4. The zero-order chi connectivity index (χ0) is 15.2. The molecule has 112 valence electrons. The normalized spacial score (nSPS) is 10.4. The Morgan fingerprint density at radius 2 is 2.29 bits per heavy atom. The van der Waals surface area contributed by atoms with E-state index >= 15 is 0 Å². The van der Waals surface area contributed by atoms with Gasteiger partial charge in [-0.05, 0) is 48.5 Å². The van der Waals surface area contributed by atoms with Crippen LogP contribution in [0.15, 0.2) is 18.2 Å². The Bertz CT molecular complexity index is 625. The lowest BCUT2D eigenvalue weighted by Crippen LogP contribution is -2.14. The van der Waals surface area contributed by atoms with Crippen LogP contribution in [-0.4, -0.2) is 39.8 Å².